The van der Waals surface area contributed by atoms with Gasteiger partial charge in [-0.05, 0) is 44.5 Å². The predicted molar refractivity (Wildman–Crippen MR) is 123 cm³/mol. The molecule has 0 unspecified atom stereocenters. The largest absolute Gasteiger partial charge is 0.487 e. The molecular formula is C23H30N4O3S. The molecule has 0 spiro atoms. The molecule has 1 saturated heterocycles. The summed E-state index contributed by atoms with van der Waals surface area (Å²) in [5.74, 6) is 0.793. The van der Waals surface area contributed by atoms with Gasteiger partial charge in [-0.3, -0.25) is 14.5 Å². The van der Waals surface area contributed by atoms with Crippen LogP contribution in [0.3, 0.4) is 0 Å². The number of nitrogens with zero attached hydrogens (tertiary/aromatic N) is 3. The molecule has 1 aromatic carbocycles. The van der Waals surface area contributed by atoms with E-state index in [0.29, 0.717) is 39.3 Å². The van der Waals surface area contributed by atoms with Gasteiger partial charge in [-0.2, -0.15) is 0 Å². The van der Waals surface area contributed by atoms with Crippen LogP contribution in [-0.4, -0.2) is 65.4 Å². The molecule has 3 rings (SSSR count). The van der Waals surface area contributed by atoms with Crippen molar-refractivity contribution in [1.29, 1.82) is 0 Å². The van der Waals surface area contributed by atoms with E-state index in [4.69, 9.17) is 4.74 Å². The van der Waals surface area contributed by atoms with Gasteiger partial charge in [-0.15, -0.1) is 11.3 Å². The Morgan fingerprint density at radius 1 is 1.19 bits per heavy atom. The summed E-state index contributed by atoms with van der Waals surface area (Å²) < 4.78 is 5.75. The molecule has 1 fully saturated rings. The number of amides is 2. The highest BCUT2D eigenvalue weighted by molar-refractivity contribution is 7.09. The summed E-state index contributed by atoms with van der Waals surface area (Å²) in [5, 5.41) is 5.93. The number of hydrogen-bond acceptors (Lipinski definition) is 6. The topological polar surface area (TPSA) is 74.8 Å². The van der Waals surface area contributed by atoms with Crippen molar-refractivity contribution in [3.05, 3.63) is 52.0 Å². The highest BCUT2D eigenvalue weighted by Crippen LogP contribution is 2.16. The molecule has 2 heterocycles. The van der Waals surface area contributed by atoms with Gasteiger partial charge in [0.1, 0.15) is 12.4 Å². The first-order chi connectivity index (χ1) is 14.9. The Bertz CT molecular complexity index is 900. The van der Waals surface area contributed by atoms with Crippen molar-refractivity contribution in [3.8, 4) is 5.75 Å². The molecule has 1 aliphatic rings. The number of aryl methyl sites for hydroxylation is 1. The number of hydrogen-bond donors (Lipinski definition) is 1. The zero-order valence-corrected chi connectivity index (χ0v) is 19.2. The van der Waals surface area contributed by atoms with E-state index in [9.17, 15) is 9.59 Å². The summed E-state index contributed by atoms with van der Waals surface area (Å²) in [6, 6.07) is 7.78. The average Bonchev–Trinajstić information content (AvgIpc) is 3.16. The lowest BCUT2D eigenvalue weighted by atomic mass is 10.2. The lowest BCUT2D eigenvalue weighted by molar-refractivity contribution is -0.128. The van der Waals surface area contributed by atoms with E-state index in [1.807, 2.05) is 61.4 Å². The van der Waals surface area contributed by atoms with Crippen LogP contribution in [0.2, 0.25) is 0 Å². The van der Waals surface area contributed by atoms with Crippen LogP contribution in [0.25, 0.3) is 6.08 Å². The second-order valence-electron chi connectivity index (χ2n) is 7.87. The minimum Gasteiger partial charge on any atom is -0.487 e. The van der Waals surface area contributed by atoms with Crippen LogP contribution in [0.4, 0.5) is 0 Å². The molecule has 8 heteroatoms. The second kappa shape index (κ2) is 11.1. The van der Waals surface area contributed by atoms with Crippen LogP contribution in [0.1, 0.15) is 30.1 Å². The third-order valence-corrected chi connectivity index (χ3v) is 5.67. The molecule has 7 nitrogen and oxygen atoms in total. The lowest BCUT2D eigenvalue weighted by Crippen LogP contribution is -2.51. The Morgan fingerprint density at radius 2 is 1.90 bits per heavy atom. The number of rotatable bonds is 8. The zero-order chi connectivity index (χ0) is 22.2. The fourth-order valence-electron chi connectivity index (χ4n) is 3.28. The van der Waals surface area contributed by atoms with Gasteiger partial charge in [-0.25, -0.2) is 4.98 Å². The molecule has 1 aliphatic heterocycles. The van der Waals surface area contributed by atoms with Crippen LogP contribution in [0, 0.1) is 6.92 Å². The first-order valence-electron chi connectivity index (χ1n) is 10.5. The number of benzene rings is 1. The Kier molecular flexibility index (Phi) is 8.20. The number of nitrogens with one attached hydrogen (secondary N) is 1. The standard InChI is InChI=1S/C23H30N4O3S/c1-17(2)24-22(28)14-26-10-12-27(13-11-26)23(29)9-6-19-4-7-21(8-5-19)30-15-20-16-31-18(3)25-20/h4-9,16-17H,10-15H2,1-3H3,(H,24,28)/b9-6+. The molecule has 1 N–H and O–H groups in total. The average molecular weight is 443 g/mol. The van der Waals surface area contributed by atoms with Crippen molar-refractivity contribution in [1.82, 2.24) is 20.1 Å². The second-order valence-corrected chi connectivity index (χ2v) is 8.93. The monoisotopic (exact) mass is 442 g/mol. The van der Waals surface area contributed by atoms with Crippen LogP contribution >= 0.6 is 11.3 Å². The molecule has 31 heavy (non-hydrogen) atoms. The SMILES string of the molecule is Cc1nc(COc2ccc(/C=C/C(=O)N3CCN(CC(=O)NC(C)C)CC3)cc2)cs1. The van der Waals surface area contributed by atoms with E-state index in [-0.39, 0.29) is 17.9 Å². The van der Waals surface area contributed by atoms with Crippen molar-refractivity contribution in [2.75, 3.05) is 32.7 Å². The van der Waals surface area contributed by atoms with Gasteiger partial charge in [0.25, 0.3) is 0 Å². The maximum Gasteiger partial charge on any atom is 0.246 e. The van der Waals surface area contributed by atoms with Crippen LogP contribution in [-0.2, 0) is 16.2 Å². The van der Waals surface area contributed by atoms with Gasteiger partial charge < -0.3 is 15.0 Å². The Balaban J connectivity index is 1.42. The number of aromatic nitrogens is 1. The van der Waals surface area contributed by atoms with Crippen molar-refractivity contribution < 1.29 is 14.3 Å². The number of ether oxygens (including phenoxy) is 1. The van der Waals surface area contributed by atoms with Gasteiger partial charge in [0.05, 0.1) is 17.2 Å². The summed E-state index contributed by atoms with van der Waals surface area (Å²) >= 11 is 1.61. The molecular weight excluding hydrogens is 412 g/mol. The third-order valence-electron chi connectivity index (χ3n) is 4.85. The number of carbonyl (C=O) groups excluding carboxylic acids is 2. The zero-order valence-electron chi connectivity index (χ0n) is 18.3. The van der Waals surface area contributed by atoms with E-state index in [1.165, 1.54) is 0 Å². The molecule has 0 saturated carbocycles. The van der Waals surface area contributed by atoms with Gasteiger partial charge in [0, 0.05) is 43.7 Å². The fourth-order valence-corrected chi connectivity index (χ4v) is 3.87. The lowest BCUT2D eigenvalue weighted by Gasteiger charge is -2.33. The molecule has 0 atom stereocenters. The van der Waals surface area contributed by atoms with E-state index < -0.39 is 0 Å². The van der Waals surface area contributed by atoms with Crippen molar-refractivity contribution in [2.24, 2.45) is 0 Å². The summed E-state index contributed by atoms with van der Waals surface area (Å²) in [6.07, 6.45) is 3.42. The summed E-state index contributed by atoms with van der Waals surface area (Å²) in [7, 11) is 0. The number of thiazole rings is 1. The maximum atomic E-state index is 12.5. The molecule has 1 aromatic heterocycles. The molecule has 2 amide bonds. The molecule has 0 aliphatic carbocycles. The highest BCUT2D eigenvalue weighted by Gasteiger charge is 2.21. The molecule has 0 radical (unpaired) electrons. The van der Waals surface area contributed by atoms with Crippen molar-refractivity contribution in [2.45, 2.75) is 33.4 Å². The minimum atomic E-state index is -0.00879. The van der Waals surface area contributed by atoms with Gasteiger partial charge >= 0.3 is 0 Å². The van der Waals surface area contributed by atoms with E-state index in [2.05, 4.69) is 15.2 Å². The number of piperazine rings is 1. The Morgan fingerprint density at radius 3 is 2.52 bits per heavy atom. The van der Waals surface area contributed by atoms with Gasteiger partial charge in [-0.1, -0.05) is 12.1 Å². The van der Waals surface area contributed by atoms with Gasteiger partial charge in [0.15, 0.2) is 0 Å². The molecule has 2 aromatic rings. The van der Waals surface area contributed by atoms with Gasteiger partial charge in [0.2, 0.25) is 11.8 Å². The van der Waals surface area contributed by atoms with Crippen LogP contribution in [0.15, 0.2) is 35.7 Å². The smallest absolute Gasteiger partial charge is 0.246 e. The maximum absolute atomic E-state index is 12.5. The first kappa shape index (κ1) is 23.0. The Labute approximate surface area is 187 Å². The van der Waals surface area contributed by atoms with Crippen LogP contribution < -0.4 is 10.1 Å². The quantitative estimate of drug-likeness (QED) is 0.637. The van der Waals surface area contributed by atoms with Crippen molar-refractivity contribution in [3.63, 3.8) is 0 Å². The van der Waals surface area contributed by atoms with Crippen LogP contribution in [0.5, 0.6) is 5.75 Å². The molecule has 0 bridgehead atoms. The summed E-state index contributed by atoms with van der Waals surface area (Å²) in [5.41, 5.74) is 1.87. The minimum absolute atomic E-state index is 0.00879. The number of carbonyl (C=O) groups is 2. The summed E-state index contributed by atoms with van der Waals surface area (Å²) in [4.78, 5) is 32.6. The first-order valence-corrected chi connectivity index (χ1v) is 11.4. The van der Waals surface area contributed by atoms with Crippen molar-refractivity contribution >= 4 is 29.2 Å². The van der Waals surface area contributed by atoms with E-state index >= 15 is 0 Å². The molecule has 166 valence electrons. The summed E-state index contributed by atoms with van der Waals surface area (Å²) in [6.45, 7) is 9.36. The van der Waals surface area contributed by atoms with E-state index in [0.717, 1.165) is 22.0 Å². The normalized spacial score (nSPS) is 14.9. The third kappa shape index (κ3) is 7.48. The Hall–Kier alpha value is -2.71. The predicted octanol–water partition coefficient (Wildman–Crippen LogP) is 2.71. The highest BCUT2D eigenvalue weighted by atomic mass is 32.1. The fraction of sp³-hybridized carbons (Fsp3) is 0.435. The van der Waals surface area contributed by atoms with E-state index in [1.54, 1.807) is 17.4 Å².